The maximum atomic E-state index is 12.7. The number of amides is 2. The Morgan fingerprint density at radius 2 is 2.06 bits per heavy atom. The lowest BCUT2D eigenvalue weighted by molar-refractivity contribution is -0.150. The lowest BCUT2D eigenvalue weighted by atomic mass is 10.0. The Morgan fingerprint density at radius 3 is 2.73 bits per heavy atom. The van der Waals surface area contributed by atoms with Crippen molar-refractivity contribution in [2.75, 3.05) is 29.6 Å². The quantitative estimate of drug-likeness (QED) is 0.244. The molecule has 33 heavy (non-hydrogen) atoms. The number of nitrogens with one attached hydrogen (secondary N) is 1. The third-order valence-electron chi connectivity index (χ3n) is 4.55. The van der Waals surface area contributed by atoms with Crippen molar-refractivity contribution < 1.29 is 24.6 Å². The summed E-state index contributed by atoms with van der Waals surface area (Å²) in [4.78, 5) is 42.3. The third kappa shape index (κ3) is 5.46. The number of nitrogen functional groups attached to an aromatic ring is 1. The number of carbonyl (C=O) groups is 3. The van der Waals surface area contributed by atoms with Gasteiger partial charge in [-0.05, 0) is 5.57 Å². The fraction of sp³-hybridized carbons (Fsp3) is 0.412. The van der Waals surface area contributed by atoms with Gasteiger partial charge in [-0.3, -0.25) is 14.5 Å². The monoisotopic (exact) mass is 546 g/mol. The summed E-state index contributed by atoms with van der Waals surface area (Å²) in [6.07, 6.45) is -0.00118. The van der Waals surface area contributed by atoms with Crippen molar-refractivity contribution in [2.24, 2.45) is 0 Å². The van der Waals surface area contributed by atoms with E-state index in [0.29, 0.717) is 38.0 Å². The van der Waals surface area contributed by atoms with E-state index in [4.69, 9.17) is 10.8 Å². The molecule has 11 nitrogen and oxygen atoms in total. The second-order valence-electron chi connectivity index (χ2n) is 6.76. The van der Waals surface area contributed by atoms with Gasteiger partial charge in [-0.25, -0.2) is 9.78 Å². The summed E-state index contributed by atoms with van der Waals surface area (Å²) in [5.41, 5.74) is 6.68. The van der Waals surface area contributed by atoms with Gasteiger partial charge in [0.1, 0.15) is 17.1 Å². The molecule has 0 aromatic carbocycles. The van der Waals surface area contributed by atoms with E-state index in [-0.39, 0.29) is 24.6 Å². The Bertz CT molecular complexity index is 1100. The molecule has 5 N–H and O–H groups in total. The lowest BCUT2D eigenvalue weighted by Crippen LogP contribution is -2.70. The predicted molar refractivity (Wildman–Crippen MR) is 128 cm³/mol. The standard InChI is InChI=1S/C17H18N6O5S5/c18-15-19-8(6-31-15)3-9(25)20-10-12(26)23-11(14(27)28)7(4-30-13(10)23)5-32-17-22-21-16(33-17)29-2-1-24/h6,10,13,24H,1-5H2,(H2,18,19)(H,20,25)(H,27,28). The second-order valence-corrected chi connectivity index (χ2v) is 12.3. The minimum Gasteiger partial charge on any atom is -0.477 e. The highest BCUT2D eigenvalue weighted by molar-refractivity contribution is 8.03. The Balaban J connectivity index is 1.39. The first-order chi connectivity index (χ1) is 15.9. The van der Waals surface area contributed by atoms with Crippen LogP contribution in [-0.4, -0.2) is 83.4 Å². The van der Waals surface area contributed by atoms with Crippen LogP contribution in [0.5, 0.6) is 0 Å². The van der Waals surface area contributed by atoms with Crippen LogP contribution in [0.3, 0.4) is 0 Å². The molecule has 1 fully saturated rings. The van der Waals surface area contributed by atoms with Crippen LogP contribution >= 0.6 is 58.0 Å². The first-order valence-corrected chi connectivity index (χ1v) is 14.2. The van der Waals surface area contributed by atoms with Gasteiger partial charge in [-0.15, -0.1) is 33.3 Å². The van der Waals surface area contributed by atoms with Crippen LogP contribution in [0.1, 0.15) is 5.69 Å². The van der Waals surface area contributed by atoms with E-state index < -0.39 is 23.3 Å². The molecule has 176 valence electrons. The number of carboxylic acid groups (broad SMARTS) is 1. The molecule has 0 aliphatic carbocycles. The van der Waals surface area contributed by atoms with Crippen LogP contribution in [0.25, 0.3) is 0 Å². The van der Waals surface area contributed by atoms with Gasteiger partial charge in [0.05, 0.1) is 18.7 Å². The number of β-lactam (4-membered cyclic amide) rings is 1. The largest absolute Gasteiger partial charge is 0.477 e. The van der Waals surface area contributed by atoms with Gasteiger partial charge in [0.2, 0.25) is 5.91 Å². The van der Waals surface area contributed by atoms with Crippen LogP contribution in [0, 0.1) is 0 Å². The molecule has 4 rings (SSSR count). The van der Waals surface area contributed by atoms with Crippen molar-refractivity contribution in [1.82, 2.24) is 25.4 Å². The molecule has 2 aliphatic rings. The number of thioether (sulfide) groups is 3. The molecule has 2 aliphatic heterocycles. The number of thiazole rings is 1. The highest BCUT2D eigenvalue weighted by Gasteiger charge is 2.54. The highest BCUT2D eigenvalue weighted by atomic mass is 32.2. The van der Waals surface area contributed by atoms with Crippen molar-refractivity contribution in [3.63, 3.8) is 0 Å². The number of anilines is 1. The number of aliphatic carboxylic acids is 1. The molecule has 0 bridgehead atoms. The molecule has 2 unspecified atom stereocenters. The number of hydrogen-bond acceptors (Lipinski definition) is 13. The zero-order valence-corrected chi connectivity index (χ0v) is 20.9. The number of fused-ring (bicyclic) bond motifs is 1. The van der Waals surface area contributed by atoms with Crippen molar-refractivity contribution in [3.8, 4) is 0 Å². The van der Waals surface area contributed by atoms with Crippen molar-refractivity contribution in [1.29, 1.82) is 0 Å². The molecule has 0 radical (unpaired) electrons. The van der Waals surface area contributed by atoms with Gasteiger partial charge in [0.15, 0.2) is 13.8 Å². The number of aliphatic hydroxyl groups excluding tert-OH is 1. The fourth-order valence-corrected chi connectivity index (χ4v) is 8.06. The maximum Gasteiger partial charge on any atom is 0.352 e. The summed E-state index contributed by atoms with van der Waals surface area (Å²) in [5.74, 6) is -0.693. The molecule has 2 amide bonds. The molecular formula is C17H18N6O5S5. The Kier molecular flexibility index (Phi) is 7.80. The molecule has 0 saturated carbocycles. The smallest absolute Gasteiger partial charge is 0.352 e. The van der Waals surface area contributed by atoms with E-state index in [1.165, 1.54) is 62.9 Å². The number of hydrogen-bond donors (Lipinski definition) is 4. The molecule has 2 aromatic heterocycles. The lowest BCUT2D eigenvalue weighted by Gasteiger charge is -2.49. The van der Waals surface area contributed by atoms with Crippen LogP contribution < -0.4 is 11.1 Å². The number of carboxylic acids is 1. The minimum atomic E-state index is -1.18. The van der Waals surface area contributed by atoms with E-state index >= 15 is 0 Å². The number of rotatable bonds is 10. The summed E-state index contributed by atoms with van der Waals surface area (Å²) < 4.78 is 1.41. The van der Waals surface area contributed by atoms with Crippen LogP contribution in [0.4, 0.5) is 5.13 Å². The molecule has 2 aromatic rings. The average Bonchev–Trinajstić information content (AvgIpc) is 3.42. The predicted octanol–water partition coefficient (Wildman–Crippen LogP) is 0.735. The van der Waals surface area contributed by atoms with E-state index in [1.54, 1.807) is 5.38 Å². The second kappa shape index (κ2) is 10.6. The Hall–Kier alpha value is -1.85. The van der Waals surface area contributed by atoms with Crippen molar-refractivity contribution in [2.45, 2.75) is 26.5 Å². The van der Waals surface area contributed by atoms with Gasteiger partial charge < -0.3 is 21.3 Å². The molecule has 1 saturated heterocycles. The van der Waals surface area contributed by atoms with Gasteiger partial charge in [0.25, 0.3) is 5.91 Å². The topological polar surface area (TPSA) is 172 Å². The Morgan fingerprint density at radius 1 is 1.30 bits per heavy atom. The fourth-order valence-electron chi connectivity index (χ4n) is 3.18. The zero-order chi connectivity index (χ0) is 23.5. The molecule has 2 atom stereocenters. The summed E-state index contributed by atoms with van der Waals surface area (Å²) in [6, 6.07) is -0.781. The van der Waals surface area contributed by atoms with Crippen LogP contribution in [0.15, 0.2) is 25.3 Å². The Labute approximate surface area is 208 Å². The van der Waals surface area contributed by atoms with E-state index in [2.05, 4.69) is 20.5 Å². The molecular weight excluding hydrogens is 529 g/mol. The molecule has 4 heterocycles. The maximum absolute atomic E-state index is 12.7. The van der Waals surface area contributed by atoms with E-state index in [9.17, 15) is 19.5 Å². The summed E-state index contributed by atoms with van der Waals surface area (Å²) in [5, 5.41) is 31.1. The van der Waals surface area contributed by atoms with E-state index in [1.807, 2.05) is 0 Å². The highest BCUT2D eigenvalue weighted by Crippen LogP contribution is 2.42. The van der Waals surface area contributed by atoms with Gasteiger partial charge in [0, 0.05) is 22.6 Å². The normalized spacial score (nSPS) is 19.9. The SMILES string of the molecule is Nc1nc(CC(=O)NC2C(=O)N3C(C(=O)O)=C(CSc4nnc(SCCO)s4)CSC23)cs1. The summed E-state index contributed by atoms with van der Waals surface area (Å²) in [6.45, 7) is 0.0464. The minimum absolute atomic E-state index is 0.00118. The molecule has 0 spiro atoms. The number of nitrogens with zero attached hydrogens (tertiary/aromatic N) is 4. The van der Waals surface area contributed by atoms with Crippen LogP contribution in [0.2, 0.25) is 0 Å². The zero-order valence-electron chi connectivity index (χ0n) is 16.8. The number of aliphatic hydroxyl groups is 1. The summed E-state index contributed by atoms with van der Waals surface area (Å²) >= 11 is 6.77. The van der Waals surface area contributed by atoms with Crippen molar-refractivity contribution in [3.05, 3.63) is 22.3 Å². The number of carbonyl (C=O) groups excluding carboxylic acids is 2. The number of aromatic nitrogens is 3. The summed E-state index contributed by atoms with van der Waals surface area (Å²) in [7, 11) is 0. The van der Waals surface area contributed by atoms with Gasteiger partial charge >= 0.3 is 5.97 Å². The van der Waals surface area contributed by atoms with Crippen molar-refractivity contribution >= 4 is 80.9 Å². The first kappa shape index (κ1) is 24.3. The average molecular weight is 547 g/mol. The number of nitrogens with two attached hydrogens (primary N) is 1. The third-order valence-corrected chi connectivity index (χ3v) is 9.87. The van der Waals surface area contributed by atoms with Crippen LogP contribution in [-0.2, 0) is 20.8 Å². The molecule has 16 heteroatoms. The van der Waals surface area contributed by atoms with Gasteiger partial charge in [-0.2, -0.15) is 0 Å². The van der Waals surface area contributed by atoms with Gasteiger partial charge in [-0.1, -0.05) is 34.9 Å². The van der Waals surface area contributed by atoms with E-state index in [0.717, 1.165) is 4.34 Å². The first-order valence-electron chi connectivity index (χ1n) is 9.46.